The van der Waals surface area contributed by atoms with E-state index in [1.165, 1.54) is 0 Å². The Kier molecular flexibility index (Phi) is 5.56. The van der Waals surface area contributed by atoms with Crippen molar-refractivity contribution < 1.29 is 19.5 Å². The number of carboxylic acids is 1. The van der Waals surface area contributed by atoms with Crippen LogP contribution in [-0.2, 0) is 4.79 Å². The fourth-order valence-corrected chi connectivity index (χ4v) is 3.21. The molecule has 2 saturated carbocycles. The number of hydrogen-bond acceptors (Lipinski definition) is 4. The SMILES string of the molecule is CCN(CC(=O)O)C1CC(NC(=O)c2ccc(C(=O)NC3CC3)cc2)C1. The number of nitrogens with one attached hydrogen (secondary N) is 2. The van der Waals surface area contributed by atoms with Crippen LogP contribution in [0.3, 0.4) is 0 Å². The maximum absolute atomic E-state index is 12.3. The Hall–Kier alpha value is -2.41. The molecule has 2 fully saturated rings. The van der Waals surface area contributed by atoms with Gasteiger partial charge in [0.2, 0.25) is 0 Å². The summed E-state index contributed by atoms with van der Waals surface area (Å²) < 4.78 is 0. The number of benzene rings is 1. The number of likely N-dealkylation sites (N-methyl/N-ethyl adjacent to an activating group) is 1. The van der Waals surface area contributed by atoms with Crippen molar-refractivity contribution in [1.29, 1.82) is 0 Å². The third-order valence-electron chi connectivity index (χ3n) is 5.03. The molecule has 2 aliphatic carbocycles. The molecular formula is C19H25N3O4. The van der Waals surface area contributed by atoms with Gasteiger partial charge in [-0.3, -0.25) is 19.3 Å². The van der Waals surface area contributed by atoms with Crippen LogP contribution < -0.4 is 10.6 Å². The van der Waals surface area contributed by atoms with E-state index in [0.29, 0.717) is 23.7 Å². The molecule has 3 rings (SSSR count). The van der Waals surface area contributed by atoms with Crippen molar-refractivity contribution in [3.05, 3.63) is 35.4 Å². The molecule has 1 aromatic carbocycles. The smallest absolute Gasteiger partial charge is 0.317 e. The Labute approximate surface area is 152 Å². The lowest BCUT2D eigenvalue weighted by Gasteiger charge is -2.42. The summed E-state index contributed by atoms with van der Waals surface area (Å²) in [7, 11) is 0. The van der Waals surface area contributed by atoms with Crippen LogP contribution in [0.4, 0.5) is 0 Å². The lowest BCUT2D eigenvalue weighted by Crippen LogP contribution is -2.54. The van der Waals surface area contributed by atoms with Crippen LogP contribution in [0.15, 0.2) is 24.3 Å². The molecule has 0 unspecified atom stereocenters. The van der Waals surface area contributed by atoms with Crippen LogP contribution in [0.5, 0.6) is 0 Å². The zero-order chi connectivity index (χ0) is 18.7. The predicted molar refractivity (Wildman–Crippen MR) is 96.1 cm³/mol. The van der Waals surface area contributed by atoms with Crippen molar-refractivity contribution in [2.24, 2.45) is 0 Å². The summed E-state index contributed by atoms with van der Waals surface area (Å²) in [6.45, 7) is 2.66. The highest BCUT2D eigenvalue weighted by molar-refractivity contribution is 5.98. The fraction of sp³-hybridized carbons (Fsp3) is 0.526. The molecule has 140 valence electrons. The topological polar surface area (TPSA) is 98.7 Å². The average molecular weight is 359 g/mol. The summed E-state index contributed by atoms with van der Waals surface area (Å²) in [5, 5.41) is 14.8. The standard InChI is InChI=1S/C19H25N3O4/c1-2-22(11-17(23)24)16-9-15(10-16)21-19(26)13-5-3-12(4-6-13)18(25)20-14-7-8-14/h3-6,14-16H,2,7-11H2,1H3,(H,20,25)(H,21,26)(H,23,24). The van der Waals surface area contributed by atoms with Crippen LogP contribution in [-0.4, -0.2) is 59.0 Å². The van der Waals surface area contributed by atoms with Gasteiger partial charge in [-0.1, -0.05) is 6.92 Å². The molecule has 7 heteroatoms. The molecule has 0 atom stereocenters. The highest BCUT2D eigenvalue weighted by Gasteiger charge is 2.34. The molecule has 7 nitrogen and oxygen atoms in total. The Morgan fingerprint density at radius 1 is 1.00 bits per heavy atom. The van der Waals surface area contributed by atoms with Crippen molar-refractivity contribution >= 4 is 17.8 Å². The van der Waals surface area contributed by atoms with Gasteiger partial charge in [0.1, 0.15) is 0 Å². The molecule has 26 heavy (non-hydrogen) atoms. The first kappa shape index (κ1) is 18.4. The van der Waals surface area contributed by atoms with E-state index in [9.17, 15) is 14.4 Å². The highest BCUT2D eigenvalue weighted by atomic mass is 16.4. The summed E-state index contributed by atoms with van der Waals surface area (Å²) in [6, 6.07) is 7.24. The van der Waals surface area contributed by atoms with Gasteiger partial charge in [-0.15, -0.1) is 0 Å². The molecule has 0 radical (unpaired) electrons. The van der Waals surface area contributed by atoms with Crippen LogP contribution in [0.25, 0.3) is 0 Å². The lowest BCUT2D eigenvalue weighted by atomic mass is 9.85. The number of carbonyl (C=O) groups is 3. The summed E-state index contributed by atoms with van der Waals surface area (Å²) in [5.41, 5.74) is 1.08. The van der Waals surface area contributed by atoms with Gasteiger partial charge in [-0.2, -0.15) is 0 Å². The third kappa shape index (κ3) is 4.60. The van der Waals surface area contributed by atoms with Crippen LogP contribution in [0, 0.1) is 0 Å². The average Bonchev–Trinajstić information content (AvgIpc) is 3.39. The Bertz CT molecular complexity index is 679. The number of carboxylic acid groups (broad SMARTS) is 1. The molecule has 0 heterocycles. The summed E-state index contributed by atoms with van der Waals surface area (Å²) in [6.07, 6.45) is 3.59. The Morgan fingerprint density at radius 2 is 1.50 bits per heavy atom. The summed E-state index contributed by atoms with van der Waals surface area (Å²) in [4.78, 5) is 37.0. The maximum atomic E-state index is 12.3. The van der Waals surface area contributed by atoms with Gasteiger partial charge in [-0.25, -0.2) is 0 Å². The monoisotopic (exact) mass is 359 g/mol. The highest BCUT2D eigenvalue weighted by Crippen LogP contribution is 2.26. The molecule has 0 aromatic heterocycles. The zero-order valence-corrected chi connectivity index (χ0v) is 14.9. The summed E-state index contributed by atoms with van der Waals surface area (Å²) >= 11 is 0. The number of amides is 2. The molecule has 3 N–H and O–H groups in total. The minimum Gasteiger partial charge on any atom is -0.480 e. The van der Waals surface area contributed by atoms with Crippen molar-refractivity contribution in [3.63, 3.8) is 0 Å². The first-order valence-corrected chi connectivity index (χ1v) is 9.14. The van der Waals surface area contributed by atoms with E-state index in [1.807, 2.05) is 11.8 Å². The number of rotatable bonds is 8. The maximum Gasteiger partial charge on any atom is 0.317 e. The minimum atomic E-state index is -0.829. The predicted octanol–water partition coefficient (Wildman–Crippen LogP) is 1.25. The second-order valence-corrected chi connectivity index (χ2v) is 7.08. The first-order chi connectivity index (χ1) is 12.5. The molecule has 0 aliphatic heterocycles. The van der Waals surface area contributed by atoms with Gasteiger partial charge < -0.3 is 15.7 Å². The first-order valence-electron chi connectivity index (χ1n) is 9.14. The number of carbonyl (C=O) groups excluding carboxylic acids is 2. The molecule has 2 amide bonds. The van der Waals surface area contributed by atoms with Gasteiger partial charge in [0.25, 0.3) is 11.8 Å². The van der Waals surface area contributed by atoms with E-state index >= 15 is 0 Å². The number of nitrogens with zero attached hydrogens (tertiary/aromatic N) is 1. The molecular weight excluding hydrogens is 334 g/mol. The van der Waals surface area contributed by atoms with Gasteiger partial charge in [0.15, 0.2) is 0 Å². The largest absolute Gasteiger partial charge is 0.480 e. The van der Waals surface area contributed by atoms with Crippen molar-refractivity contribution in [1.82, 2.24) is 15.5 Å². The van der Waals surface area contributed by atoms with Crippen molar-refractivity contribution in [2.75, 3.05) is 13.1 Å². The number of aliphatic carboxylic acids is 1. The van der Waals surface area contributed by atoms with Gasteiger partial charge in [-0.05, 0) is 56.5 Å². The van der Waals surface area contributed by atoms with Gasteiger partial charge in [0.05, 0.1) is 6.54 Å². The van der Waals surface area contributed by atoms with Crippen molar-refractivity contribution in [3.8, 4) is 0 Å². The Morgan fingerprint density at radius 3 is 1.92 bits per heavy atom. The van der Waals surface area contributed by atoms with E-state index in [-0.39, 0.29) is 30.4 Å². The molecule has 0 bridgehead atoms. The van der Waals surface area contributed by atoms with E-state index in [2.05, 4.69) is 10.6 Å². The third-order valence-corrected chi connectivity index (χ3v) is 5.03. The normalized spacial score (nSPS) is 21.8. The van der Waals surface area contributed by atoms with Crippen LogP contribution >= 0.6 is 0 Å². The summed E-state index contributed by atoms with van der Waals surface area (Å²) in [5.74, 6) is -1.09. The lowest BCUT2D eigenvalue weighted by molar-refractivity contribution is -0.139. The number of hydrogen-bond donors (Lipinski definition) is 3. The van der Waals surface area contributed by atoms with Gasteiger partial charge in [0, 0.05) is 29.3 Å². The van der Waals surface area contributed by atoms with E-state index < -0.39 is 5.97 Å². The quantitative estimate of drug-likeness (QED) is 0.649. The molecule has 0 saturated heterocycles. The van der Waals surface area contributed by atoms with Crippen LogP contribution in [0.1, 0.15) is 53.3 Å². The minimum absolute atomic E-state index is 0.0339. The second kappa shape index (κ2) is 7.86. The van der Waals surface area contributed by atoms with Gasteiger partial charge >= 0.3 is 5.97 Å². The van der Waals surface area contributed by atoms with E-state index in [1.54, 1.807) is 24.3 Å². The Balaban J connectivity index is 1.46. The van der Waals surface area contributed by atoms with E-state index in [4.69, 9.17) is 5.11 Å². The molecule has 2 aliphatic rings. The fourth-order valence-electron chi connectivity index (χ4n) is 3.21. The van der Waals surface area contributed by atoms with Crippen LogP contribution in [0.2, 0.25) is 0 Å². The zero-order valence-electron chi connectivity index (χ0n) is 14.9. The van der Waals surface area contributed by atoms with Crippen molar-refractivity contribution in [2.45, 2.75) is 50.7 Å². The second-order valence-electron chi connectivity index (χ2n) is 7.08. The van der Waals surface area contributed by atoms with E-state index in [0.717, 1.165) is 25.7 Å². The molecule has 1 aromatic rings. The molecule has 0 spiro atoms.